The first-order chi connectivity index (χ1) is 11.2. The highest BCUT2D eigenvalue weighted by Gasteiger charge is 2.15. The Balaban J connectivity index is 1.53. The molecule has 0 bridgehead atoms. The lowest BCUT2D eigenvalue weighted by atomic mass is 10.1. The summed E-state index contributed by atoms with van der Waals surface area (Å²) in [7, 11) is 0. The third-order valence-corrected chi connectivity index (χ3v) is 3.95. The van der Waals surface area contributed by atoms with Crippen LogP contribution in [0.15, 0.2) is 53.2 Å². The van der Waals surface area contributed by atoms with E-state index < -0.39 is 0 Å². The lowest BCUT2D eigenvalue weighted by Crippen LogP contribution is -2.33. The van der Waals surface area contributed by atoms with E-state index in [0.29, 0.717) is 24.7 Å². The molecule has 0 saturated carbocycles. The SMILES string of the molecule is C[C@@H](NCc1nnc(Cc2ccccc2)o1)[C@H](C)n1cccn1. The van der Waals surface area contributed by atoms with Crippen molar-refractivity contribution in [3.8, 4) is 0 Å². The Labute approximate surface area is 135 Å². The van der Waals surface area contributed by atoms with E-state index >= 15 is 0 Å². The van der Waals surface area contributed by atoms with Crippen LogP contribution in [0.5, 0.6) is 0 Å². The molecule has 0 amide bonds. The Kier molecular flexibility index (Phi) is 4.83. The van der Waals surface area contributed by atoms with Crippen molar-refractivity contribution in [3.63, 3.8) is 0 Å². The average Bonchev–Trinajstić information content (AvgIpc) is 3.25. The van der Waals surface area contributed by atoms with E-state index in [9.17, 15) is 0 Å². The molecule has 0 spiro atoms. The van der Waals surface area contributed by atoms with Crippen molar-refractivity contribution in [1.29, 1.82) is 0 Å². The number of hydrogen-bond donors (Lipinski definition) is 1. The molecule has 0 saturated heterocycles. The van der Waals surface area contributed by atoms with Crippen LogP contribution in [0.2, 0.25) is 0 Å². The van der Waals surface area contributed by atoms with Gasteiger partial charge in [0.1, 0.15) is 0 Å². The molecule has 2 aromatic heterocycles. The first kappa shape index (κ1) is 15.4. The minimum atomic E-state index is 0.236. The van der Waals surface area contributed by atoms with E-state index in [1.54, 1.807) is 6.20 Å². The number of rotatable bonds is 7. The lowest BCUT2D eigenvalue weighted by molar-refractivity contribution is 0.345. The summed E-state index contributed by atoms with van der Waals surface area (Å²) in [6.45, 7) is 4.79. The van der Waals surface area contributed by atoms with Gasteiger partial charge in [0.15, 0.2) is 0 Å². The highest BCUT2D eigenvalue weighted by Crippen LogP contribution is 2.11. The number of nitrogens with zero attached hydrogens (tertiary/aromatic N) is 4. The predicted octanol–water partition coefficient (Wildman–Crippen LogP) is 2.60. The smallest absolute Gasteiger partial charge is 0.230 e. The summed E-state index contributed by atoms with van der Waals surface area (Å²) in [5.41, 5.74) is 1.16. The van der Waals surface area contributed by atoms with Crippen LogP contribution in [0.3, 0.4) is 0 Å². The van der Waals surface area contributed by atoms with Crippen LogP contribution in [0.1, 0.15) is 37.2 Å². The van der Waals surface area contributed by atoms with Crippen LogP contribution in [-0.2, 0) is 13.0 Å². The van der Waals surface area contributed by atoms with Crippen LogP contribution in [-0.4, -0.2) is 26.0 Å². The molecule has 0 aliphatic heterocycles. The highest BCUT2D eigenvalue weighted by atomic mass is 16.4. The van der Waals surface area contributed by atoms with Gasteiger partial charge in [-0.3, -0.25) is 4.68 Å². The summed E-state index contributed by atoms with van der Waals surface area (Å²) in [4.78, 5) is 0. The summed E-state index contributed by atoms with van der Waals surface area (Å²) in [5.74, 6) is 1.25. The molecule has 0 fully saturated rings. The lowest BCUT2D eigenvalue weighted by Gasteiger charge is -2.20. The molecular formula is C17H21N5O. The summed E-state index contributed by atoms with van der Waals surface area (Å²) >= 11 is 0. The summed E-state index contributed by atoms with van der Waals surface area (Å²) in [6.07, 6.45) is 4.41. The largest absolute Gasteiger partial charge is 0.424 e. The minimum absolute atomic E-state index is 0.236. The molecule has 1 aromatic carbocycles. The van der Waals surface area contributed by atoms with Gasteiger partial charge in [-0.1, -0.05) is 30.3 Å². The normalized spacial score (nSPS) is 13.8. The van der Waals surface area contributed by atoms with Gasteiger partial charge in [-0.25, -0.2) is 0 Å². The fourth-order valence-corrected chi connectivity index (χ4v) is 2.37. The van der Waals surface area contributed by atoms with E-state index in [1.165, 1.54) is 0 Å². The first-order valence-electron chi connectivity index (χ1n) is 7.80. The highest BCUT2D eigenvalue weighted by molar-refractivity contribution is 5.17. The van der Waals surface area contributed by atoms with Gasteiger partial charge in [0.25, 0.3) is 0 Å². The third-order valence-electron chi connectivity index (χ3n) is 3.95. The quantitative estimate of drug-likeness (QED) is 0.726. The van der Waals surface area contributed by atoms with Gasteiger partial charge in [0, 0.05) is 18.4 Å². The molecule has 120 valence electrons. The number of hydrogen-bond acceptors (Lipinski definition) is 5. The molecule has 0 unspecified atom stereocenters. The number of nitrogens with one attached hydrogen (secondary N) is 1. The van der Waals surface area contributed by atoms with E-state index in [0.717, 1.165) is 5.56 Å². The van der Waals surface area contributed by atoms with Gasteiger partial charge in [-0.15, -0.1) is 10.2 Å². The predicted molar refractivity (Wildman–Crippen MR) is 86.8 cm³/mol. The second kappa shape index (κ2) is 7.19. The fraction of sp³-hybridized carbons (Fsp3) is 0.353. The van der Waals surface area contributed by atoms with Crippen molar-refractivity contribution < 1.29 is 4.42 Å². The standard InChI is InChI=1S/C17H21N5O/c1-13(14(2)22-10-6-9-19-22)18-12-17-21-20-16(23-17)11-15-7-4-3-5-8-15/h3-10,13-14,18H,11-12H2,1-2H3/t13-,14+/m1/s1. The molecular weight excluding hydrogens is 290 g/mol. The molecule has 6 heteroatoms. The monoisotopic (exact) mass is 311 g/mol. The van der Waals surface area contributed by atoms with Crippen LogP contribution in [0, 0.1) is 0 Å². The molecule has 2 heterocycles. The zero-order valence-electron chi connectivity index (χ0n) is 13.4. The van der Waals surface area contributed by atoms with Gasteiger partial charge in [0.2, 0.25) is 11.8 Å². The Morgan fingerprint density at radius 1 is 1.09 bits per heavy atom. The topological polar surface area (TPSA) is 68.8 Å². The number of benzene rings is 1. The number of aromatic nitrogens is 4. The van der Waals surface area contributed by atoms with Gasteiger partial charge in [-0.2, -0.15) is 5.10 Å². The van der Waals surface area contributed by atoms with Gasteiger partial charge < -0.3 is 9.73 Å². The Bertz CT molecular complexity index is 708. The van der Waals surface area contributed by atoms with Gasteiger partial charge in [-0.05, 0) is 25.5 Å². The zero-order valence-corrected chi connectivity index (χ0v) is 13.4. The average molecular weight is 311 g/mol. The second-order valence-corrected chi connectivity index (χ2v) is 5.65. The van der Waals surface area contributed by atoms with Crippen LogP contribution >= 0.6 is 0 Å². The molecule has 23 heavy (non-hydrogen) atoms. The molecule has 0 aliphatic rings. The molecule has 0 aliphatic carbocycles. The minimum Gasteiger partial charge on any atom is -0.424 e. The van der Waals surface area contributed by atoms with Crippen molar-refractivity contribution in [2.45, 2.75) is 38.9 Å². The molecule has 2 atom stereocenters. The van der Waals surface area contributed by atoms with Gasteiger partial charge in [0.05, 0.1) is 19.0 Å². The van der Waals surface area contributed by atoms with Crippen molar-refractivity contribution in [1.82, 2.24) is 25.3 Å². The third kappa shape index (κ3) is 4.04. The molecule has 0 radical (unpaired) electrons. The Morgan fingerprint density at radius 3 is 2.61 bits per heavy atom. The van der Waals surface area contributed by atoms with E-state index in [2.05, 4.69) is 46.6 Å². The van der Waals surface area contributed by atoms with Gasteiger partial charge >= 0.3 is 0 Å². The molecule has 3 aromatic rings. The van der Waals surface area contributed by atoms with E-state index in [4.69, 9.17) is 4.42 Å². The van der Waals surface area contributed by atoms with Crippen molar-refractivity contribution in [3.05, 3.63) is 66.1 Å². The van der Waals surface area contributed by atoms with Crippen molar-refractivity contribution >= 4 is 0 Å². The fourth-order valence-electron chi connectivity index (χ4n) is 2.37. The molecule has 6 nitrogen and oxygen atoms in total. The Morgan fingerprint density at radius 2 is 1.87 bits per heavy atom. The zero-order chi connectivity index (χ0) is 16.1. The van der Waals surface area contributed by atoms with Crippen LogP contribution < -0.4 is 5.32 Å². The van der Waals surface area contributed by atoms with Crippen molar-refractivity contribution in [2.24, 2.45) is 0 Å². The second-order valence-electron chi connectivity index (χ2n) is 5.65. The maximum absolute atomic E-state index is 5.70. The maximum Gasteiger partial charge on any atom is 0.230 e. The summed E-state index contributed by atoms with van der Waals surface area (Å²) in [5, 5.41) is 15.9. The van der Waals surface area contributed by atoms with Crippen LogP contribution in [0.4, 0.5) is 0 Å². The molecule has 3 rings (SSSR count). The Hall–Kier alpha value is -2.47. The summed E-state index contributed by atoms with van der Waals surface area (Å²) < 4.78 is 7.64. The van der Waals surface area contributed by atoms with E-state index in [1.807, 2.05) is 35.1 Å². The van der Waals surface area contributed by atoms with Crippen molar-refractivity contribution in [2.75, 3.05) is 0 Å². The summed E-state index contributed by atoms with van der Waals surface area (Å²) in [6, 6.07) is 12.5. The van der Waals surface area contributed by atoms with E-state index in [-0.39, 0.29) is 12.1 Å². The van der Waals surface area contributed by atoms with Crippen LogP contribution in [0.25, 0.3) is 0 Å². The maximum atomic E-state index is 5.70. The molecule has 1 N–H and O–H groups in total. The first-order valence-corrected chi connectivity index (χ1v) is 7.80.